The summed E-state index contributed by atoms with van der Waals surface area (Å²) in [5.41, 5.74) is 5.33. The van der Waals surface area contributed by atoms with Gasteiger partial charge in [0.05, 0.1) is 12.1 Å². The van der Waals surface area contributed by atoms with Crippen molar-refractivity contribution in [2.45, 2.75) is 68.0 Å². The number of fused-ring (bicyclic) bond motifs is 4. The van der Waals surface area contributed by atoms with Crippen LogP contribution in [0.4, 0.5) is 14.0 Å². The molecule has 1 atom stereocenters. The van der Waals surface area contributed by atoms with Gasteiger partial charge in [-0.15, -0.1) is 0 Å². The highest BCUT2D eigenvalue weighted by Gasteiger charge is 2.61. The second kappa shape index (κ2) is 5.84. The van der Waals surface area contributed by atoms with Crippen molar-refractivity contribution in [3.8, 4) is 0 Å². The standard InChI is InChI=1S/C21H26FN3O3/c22-16-4-2-15(3-5-16)21-6-1-13-24(21)18(27)25(14-21)19-7-10-20(11-8-19,12-9-19)28-17(23)26/h2-5H,1,6-14H2,(H2,23,26). The van der Waals surface area contributed by atoms with E-state index in [0.717, 1.165) is 63.5 Å². The molecule has 3 saturated carbocycles. The minimum Gasteiger partial charge on any atom is -0.443 e. The molecule has 2 saturated heterocycles. The van der Waals surface area contributed by atoms with Crippen LogP contribution in [0.1, 0.15) is 56.9 Å². The third-order valence-corrected chi connectivity index (χ3v) is 7.78. The van der Waals surface area contributed by atoms with Crippen molar-refractivity contribution in [3.63, 3.8) is 0 Å². The zero-order valence-electron chi connectivity index (χ0n) is 16.0. The van der Waals surface area contributed by atoms with E-state index in [4.69, 9.17) is 10.5 Å². The van der Waals surface area contributed by atoms with Crippen LogP contribution in [0.25, 0.3) is 0 Å². The molecule has 2 bridgehead atoms. The molecular weight excluding hydrogens is 361 g/mol. The molecule has 2 N–H and O–H groups in total. The Labute approximate surface area is 163 Å². The van der Waals surface area contributed by atoms with Gasteiger partial charge in [0.1, 0.15) is 11.4 Å². The number of nitrogens with zero attached hydrogens (tertiary/aromatic N) is 2. The van der Waals surface area contributed by atoms with Crippen molar-refractivity contribution >= 4 is 12.1 Å². The van der Waals surface area contributed by atoms with E-state index >= 15 is 0 Å². The molecule has 6 nitrogen and oxygen atoms in total. The molecule has 5 aliphatic rings. The lowest BCUT2D eigenvalue weighted by Crippen LogP contribution is -2.61. The third kappa shape index (κ3) is 2.37. The predicted octanol–water partition coefficient (Wildman–Crippen LogP) is 3.49. The van der Waals surface area contributed by atoms with Crippen LogP contribution in [0.3, 0.4) is 0 Å². The first-order chi connectivity index (χ1) is 13.4. The topological polar surface area (TPSA) is 75.9 Å². The van der Waals surface area contributed by atoms with Crippen LogP contribution in [-0.2, 0) is 10.3 Å². The highest BCUT2D eigenvalue weighted by Crippen LogP contribution is 2.55. The number of benzene rings is 1. The molecule has 0 spiro atoms. The van der Waals surface area contributed by atoms with Crippen LogP contribution in [0, 0.1) is 5.82 Å². The zero-order chi connectivity index (χ0) is 19.6. The Kier molecular flexibility index (Phi) is 3.71. The van der Waals surface area contributed by atoms with Gasteiger partial charge in [-0.1, -0.05) is 12.1 Å². The quantitative estimate of drug-likeness (QED) is 0.863. The molecule has 7 heteroatoms. The summed E-state index contributed by atoms with van der Waals surface area (Å²) in [7, 11) is 0. The Morgan fingerprint density at radius 1 is 1.00 bits per heavy atom. The van der Waals surface area contributed by atoms with Gasteiger partial charge in [0.2, 0.25) is 0 Å². The van der Waals surface area contributed by atoms with Crippen molar-refractivity contribution in [1.82, 2.24) is 9.80 Å². The normalized spacial score (nSPS) is 36.7. The second-order valence-electron chi connectivity index (χ2n) is 8.99. The summed E-state index contributed by atoms with van der Waals surface area (Å²) in [5.74, 6) is -0.255. The molecule has 1 aromatic carbocycles. The summed E-state index contributed by atoms with van der Waals surface area (Å²) in [4.78, 5) is 28.8. The number of urea groups is 1. The number of hydrogen-bond acceptors (Lipinski definition) is 3. The lowest BCUT2D eigenvalue weighted by Gasteiger charge is -2.55. The second-order valence-corrected chi connectivity index (χ2v) is 8.99. The fourth-order valence-corrected chi connectivity index (χ4v) is 6.22. The van der Waals surface area contributed by atoms with Gasteiger partial charge in [-0.2, -0.15) is 0 Å². The van der Waals surface area contributed by atoms with Gasteiger partial charge < -0.3 is 20.3 Å². The van der Waals surface area contributed by atoms with Crippen molar-refractivity contribution in [2.24, 2.45) is 5.73 Å². The van der Waals surface area contributed by atoms with Crippen LogP contribution in [0.15, 0.2) is 24.3 Å². The molecule has 0 aromatic heterocycles. The van der Waals surface area contributed by atoms with Gasteiger partial charge in [0.15, 0.2) is 0 Å². The van der Waals surface area contributed by atoms with Crippen molar-refractivity contribution < 1.29 is 18.7 Å². The summed E-state index contributed by atoms with van der Waals surface area (Å²) in [5, 5.41) is 0. The van der Waals surface area contributed by atoms with Crippen LogP contribution in [0.5, 0.6) is 0 Å². The maximum atomic E-state index is 13.5. The van der Waals surface area contributed by atoms with Gasteiger partial charge >= 0.3 is 12.1 Å². The minimum absolute atomic E-state index is 0.104. The maximum absolute atomic E-state index is 13.5. The van der Waals surface area contributed by atoms with E-state index in [-0.39, 0.29) is 22.9 Å². The third-order valence-electron chi connectivity index (χ3n) is 7.78. The number of rotatable bonds is 3. The molecule has 6 rings (SSSR count). The monoisotopic (exact) mass is 387 g/mol. The smallest absolute Gasteiger partial charge is 0.405 e. The van der Waals surface area contributed by atoms with Gasteiger partial charge in [0.25, 0.3) is 0 Å². The fourth-order valence-electron chi connectivity index (χ4n) is 6.22. The average Bonchev–Trinajstić information content (AvgIpc) is 3.23. The highest BCUT2D eigenvalue weighted by atomic mass is 19.1. The summed E-state index contributed by atoms with van der Waals surface area (Å²) in [6.07, 6.45) is 5.93. The van der Waals surface area contributed by atoms with E-state index in [1.54, 1.807) is 0 Å². The highest BCUT2D eigenvalue weighted by molar-refractivity contribution is 5.80. The molecule has 2 heterocycles. The molecule has 1 unspecified atom stereocenters. The van der Waals surface area contributed by atoms with E-state index in [1.807, 2.05) is 17.0 Å². The molecule has 5 fully saturated rings. The summed E-state index contributed by atoms with van der Waals surface area (Å²) in [6.45, 7) is 1.40. The van der Waals surface area contributed by atoms with E-state index in [0.29, 0.717) is 6.54 Å². The molecule has 150 valence electrons. The van der Waals surface area contributed by atoms with Crippen molar-refractivity contribution in [2.75, 3.05) is 13.1 Å². The molecule has 28 heavy (non-hydrogen) atoms. The van der Waals surface area contributed by atoms with E-state index in [1.165, 1.54) is 12.1 Å². The maximum Gasteiger partial charge on any atom is 0.405 e. The van der Waals surface area contributed by atoms with Crippen LogP contribution in [0.2, 0.25) is 0 Å². The Morgan fingerprint density at radius 3 is 2.25 bits per heavy atom. The molecule has 3 amide bonds. The van der Waals surface area contributed by atoms with Crippen molar-refractivity contribution in [1.29, 1.82) is 0 Å². The Hall–Kier alpha value is -2.31. The van der Waals surface area contributed by atoms with Gasteiger partial charge in [0, 0.05) is 12.1 Å². The summed E-state index contributed by atoms with van der Waals surface area (Å²) < 4.78 is 18.9. The molecule has 1 aromatic rings. The Bertz CT molecular complexity index is 802. The van der Waals surface area contributed by atoms with E-state index in [9.17, 15) is 14.0 Å². The SMILES string of the molecule is NC(=O)OC12CCC(N3CC4(c5ccc(F)cc5)CCCN4C3=O)(CC1)CC2. The number of primary amides is 1. The Morgan fingerprint density at radius 2 is 1.64 bits per heavy atom. The number of nitrogens with two attached hydrogens (primary N) is 1. The molecule has 0 radical (unpaired) electrons. The lowest BCUT2D eigenvalue weighted by molar-refractivity contribution is -0.101. The number of halogens is 1. The molecular formula is C21H26FN3O3. The fraction of sp³-hybridized carbons (Fsp3) is 0.619. The average molecular weight is 387 g/mol. The zero-order valence-corrected chi connectivity index (χ0v) is 16.0. The first kappa shape index (κ1) is 17.8. The van der Waals surface area contributed by atoms with Gasteiger partial charge in [-0.25, -0.2) is 14.0 Å². The minimum atomic E-state index is -0.706. The Balaban J connectivity index is 1.43. The lowest BCUT2D eigenvalue weighted by atomic mass is 9.62. The number of ether oxygens (including phenoxy) is 1. The predicted molar refractivity (Wildman–Crippen MR) is 100.0 cm³/mol. The largest absolute Gasteiger partial charge is 0.443 e. The van der Waals surface area contributed by atoms with Crippen molar-refractivity contribution in [3.05, 3.63) is 35.6 Å². The van der Waals surface area contributed by atoms with Crippen LogP contribution < -0.4 is 5.73 Å². The van der Waals surface area contributed by atoms with Crippen LogP contribution >= 0.6 is 0 Å². The van der Waals surface area contributed by atoms with E-state index in [2.05, 4.69) is 4.90 Å². The number of carbonyl (C=O) groups excluding carboxylic acids is 2. The number of amides is 3. The summed E-state index contributed by atoms with van der Waals surface area (Å²) in [6, 6.07) is 6.74. The van der Waals surface area contributed by atoms with Gasteiger partial charge in [-0.05, 0) is 69.1 Å². The molecule has 3 aliphatic carbocycles. The number of carbonyl (C=O) groups is 2. The summed E-state index contributed by atoms with van der Waals surface area (Å²) >= 11 is 0. The van der Waals surface area contributed by atoms with Crippen LogP contribution in [-0.4, -0.2) is 46.2 Å². The molecule has 2 aliphatic heterocycles. The first-order valence-corrected chi connectivity index (χ1v) is 10.2. The van der Waals surface area contributed by atoms with Gasteiger partial charge in [-0.3, -0.25) is 0 Å². The van der Waals surface area contributed by atoms with E-state index < -0.39 is 11.7 Å². The first-order valence-electron chi connectivity index (χ1n) is 10.2. The number of hydrogen-bond donors (Lipinski definition) is 1.